The maximum Gasteiger partial charge on any atom is 0.288 e. The lowest BCUT2D eigenvalue weighted by molar-refractivity contribution is 0.360. The number of hydrogen-bond donors (Lipinski definition) is 2. The number of nitrogens with two attached hydrogens (primary N) is 1. The van der Waals surface area contributed by atoms with Gasteiger partial charge in [-0.1, -0.05) is 43.5 Å². The van der Waals surface area contributed by atoms with E-state index in [0.717, 1.165) is 36.8 Å². The Bertz CT molecular complexity index is 1290. The van der Waals surface area contributed by atoms with E-state index in [9.17, 15) is 9.18 Å². The van der Waals surface area contributed by atoms with E-state index in [1.165, 1.54) is 12.5 Å². The first-order valence-electron chi connectivity index (χ1n) is 10.5. The molecule has 0 bridgehead atoms. The van der Waals surface area contributed by atoms with E-state index in [1.54, 1.807) is 30.3 Å². The van der Waals surface area contributed by atoms with E-state index in [4.69, 9.17) is 10.5 Å². The minimum absolute atomic E-state index is 0.170. The lowest BCUT2D eigenvalue weighted by Gasteiger charge is -2.23. The second-order valence-electron chi connectivity index (χ2n) is 7.96. The van der Waals surface area contributed by atoms with Gasteiger partial charge < -0.3 is 15.0 Å². The van der Waals surface area contributed by atoms with Gasteiger partial charge in [0, 0.05) is 17.8 Å². The van der Waals surface area contributed by atoms with Crippen molar-refractivity contribution in [1.29, 1.82) is 0 Å². The third-order valence-corrected chi connectivity index (χ3v) is 5.98. The highest BCUT2D eigenvalue weighted by Gasteiger charge is 2.23. The van der Waals surface area contributed by atoms with Crippen LogP contribution in [0.1, 0.15) is 38.1 Å². The van der Waals surface area contributed by atoms with Crippen molar-refractivity contribution in [2.75, 3.05) is 5.73 Å². The van der Waals surface area contributed by atoms with Gasteiger partial charge in [0.2, 0.25) is 0 Å². The molecular formula is C24H23FN4O2. The Morgan fingerprint density at radius 1 is 1.06 bits per heavy atom. The molecule has 2 heterocycles. The van der Waals surface area contributed by atoms with Crippen molar-refractivity contribution in [3.05, 3.63) is 70.9 Å². The van der Waals surface area contributed by atoms with Gasteiger partial charge in [-0.25, -0.2) is 9.49 Å². The van der Waals surface area contributed by atoms with Crippen LogP contribution in [0.5, 0.6) is 11.5 Å². The highest BCUT2D eigenvalue weighted by Crippen LogP contribution is 2.38. The third kappa shape index (κ3) is 3.56. The number of ether oxygens (including phenoxy) is 1. The van der Waals surface area contributed by atoms with Gasteiger partial charge in [0.05, 0.1) is 5.39 Å². The minimum Gasteiger partial charge on any atom is -0.454 e. The number of nitrogen functional groups attached to an aromatic ring is 1. The first kappa shape index (κ1) is 19.4. The average molecular weight is 418 g/mol. The Balaban J connectivity index is 1.56. The zero-order valence-electron chi connectivity index (χ0n) is 17.0. The van der Waals surface area contributed by atoms with Gasteiger partial charge in [-0.2, -0.15) is 5.10 Å². The van der Waals surface area contributed by atoms with Crippen LogP contribution >= 0.6 is 0 Å². The Hall–Kier alpha value is -3.61. The molecule has 6 nitrogen and oxygen atoms in total. The number of halogens is 1. The van der Waals surface area contributed by atoms with Crippen LogP contribution in [0.15, 0.2) is 59.5 Å². The largest absolute Gasteiger partial charge is 0.454 e. The molecule has 1 aliphatic rings. The van der Waals surface area contributed by atoms with Crippen molar-refractivity contribution in [1.82, 2.24) is 14.8 Å². The Morgan fingerprint density at radius 3 is 2.55 bits per heavy atom. The predicted molar refractivity (Wildman–Crippen MR) is 119 cm³/mol. The number of aromatic nitrogens is 3. The molecule has 1 aliphatic carbocycles. The molecule has 0 amide bonds. The maximum atomic E-state index is 13.9. The van der Waals surface area contributed by atoms with Gasteiger partial charge in [0.15, 0.2) is 17.4 Å². The number of anilines is 1. The van der Waals surface area contributed by atoms with Crippen LogP contribution in [-0.2, 0) is 0 Å². The first-order valence-corrected chi connectivity index (χ1v) is 10.5. The lowest BCUT2D eigenvalue weighted by atomic mass is 9.95. The monoisotopic (exact) mass is 418 g/mol. The first-order chi connectivity index (χ1) is 15.1. The number of hydrogen-bond acceptors (Lipinski definition) is 4. The van der Waals surface area contributed by atoms with Gasteiger partial charge in [-0.3, -0.25) is 4.79 Å². The number of rotatable bonds is 4. The van der Waals surface area contributed by atoms with Crippen molar-refractivity contribution in [3.63, 3.8) is 0 Å². The number of H-pyrrole nitrogens is 1. The zero-order chi connectivity index (χ0) is 21.4. The molecule has 31 heavy (non-hydrogen) atoms. The SMILES string of the molecule is Nc1n[nH]c(=O)c2c1c(-c1ccc(Oc3ccccc3F)cc1)cn2C1CCCCC1. The van der Waals surface area contributed by atoms with Crippen LogP contribution < -0.4 is 16.0 Å². The quantitative estimate of drug-likeness (QED) is 0.464. The number of para-hydroxylation sites is 1. The van der Waals surface area contributed by atoms with Gasteiger partial charge in [0.25, 0.3) is 5.56 Å². The Kier molecular flexibility index (Phi) is 4.94. The molecule has 3 N–H and O–H groups in total. The molecule has 0 unspecified atom stereocenters. The molecule has 2 aromatic heterocycles. The molecule has 1 saturated carbocycles. The molecule has 2 aromatic carbocycles. The van der Waals surface area contributed by atoms with Crippen molar-refractivity contribution in [2.24, 2.45) is 0 Å². The van der Waals surface area contributed by atoms with E-state index < -0.39 is 5.82 Å². The highest BCUT2D eigenvalue weighted by molar-refractivity contribution is 6.02. The molecule has 1 fully saturated rings. The fraction of sp³-hybridized carbons (Fsp3) is 0.250. The van der Waals surface area contributed by atoms with E-state index in [1.807, 2.05) is 18.3 Å². The van der Waals surface area contributed by atoms with E-state index in [2.05, 4.69) is 14.8 Å². The number of aromatic amines is 1. The summed E-state index contributed by atoms with van der Waals surface area (Å²) in [5, 5.41) is 7.18. The average Bonchev–Trinajstić information content (AvgIpc) is 3.21. The molecule has 0 aliphatic heterocycles. The fourth-order valence-corrected chi connectivity index (χ4v) is 4.46. The van der Waals surface area contributed by atoms with Crippen LogP contribution in [0, 0.1) is 5.82 Å². The summed E-state index contributed by atoms with van der Waals surface area (Å²) in [5.41, 5.74) is 8.27. The van der Waals surface area contributed by atoms with Crippen LogP contribution in [0.25, 0.3) is 22.0 Å². The van der Waals surface area contributed by atoms with Gasteiger partial charge >= 0.3 is 0 Å². The maximum absolute atomic E-state index is 13.9. The van der Waals surface area contributed by atoms with E-state index >= 15 is 0 Å². The summed E-state index contributed by atoms with van der Waals surface area (Å²) in [5.74, 6) is 0.573. The topological polar surface area (TPSA) is 85.9 Å². The fourth-order valence-electron chi connectivity index (χ4n) is 4.46. The van der Waals surface area contributed by atoms with Crippen LogP contribution in [0.4, 0.5) is 10.2 Å². The molecule has 0 atom stereocenters. The number of fused-ring (bicyclic) bond motifs is 1. The van der Waals surface area contributed by atoms with Crippen molar-refractivity contribution >= 4 is 16.7 Å². The van der Waals surface area contributed by atoms with Crippen molar-refractivity contribution in [2.45, 2.75) is 38.1 Å². The third-order valence-electron chi connectivity index (χ3n) is 5.98. The summed E-state index contributed by atoms with van der Waals surface area (Å²) in [6, 6.07) is 13.9. The molecule has 158 valence electrons. The Morgan fingerprint density at radius 2 is 1.81 bits per heavy atom. The Labute approximate surface area is 178 Å². The van der Waals surface area contributed by atoms with E-state index in [0.29, 0.717) is 22.5 Å². The van der Waals surface area contributed by atoms with Crippen molar-refractivity contribution in [3.8, 4) is 22.6 Å². The molecule has 4 aromatic rings. The van der Waals surface area contributed by atoms with Crippen LogP contribution in [0.3, 0.4) is 0 Å². The van der Waals surface area contributed by atoms with E-state index in [-0.39, 0.29) is 17.4 Å². The normalized spacial score (nSPS) is 14.7. The molecule has 0 saturated heterocycles. The highest BCUT2D eigenvalue weighted by atomic mass is 19.1. The second-order valence-corrected chi connectivity index (χ2v) is 7.96. The minimum atomic E-state index is -0.416. The molecule has 5 rings (SSSR count). The van der Waals surface area contributed by atoms with Crippen LogP contribution in [-0.4, -0.2) is 14.8 Å². The summed E-state index contributed by atoms with van der Waals surface area (Å²) in [6.45, 7) is 0. The van der Waals surface area contributed by atoms with Gasteiger partial charge in [0.1, 0.15) is 11.3 Å². The lowest BCUT2D eigenvalue weighted by Crippen LogP contribution is -2.18. The summed E-state index contributed by atoms with van der Waals surface area (Å²) < 4.78 is 21.6. The van der Waals surface area contributed by atoms with Crippen molar-refractivity contribution < 1.29 is 9.13 Å². The van der Waals surface area contributed by atoms with Crippen LogP contribution in [0.2, 0.25) is 0 Å². The molecular weight excluding hydrogens is 395 g/mol. The second kappa shape index (κ2) is 7.91. The van der Waals surface area contributed by atoms with Gasteiger partial charge in [-0.05, 0) is 42.7 Å². The molecule has 0 radical (unpaired) electrons. The standard InChI is InChI=1S/C24H23FN4O2/c25-19-8-4-5-9-20(19)31-17-12-10-15(11-13-17)18-14-29(16-6-2-1-3-7-16)22-21(18)23(26)27-28-24(22)30/h4-5,8-14,16H,1-3,6-7H2,(H2,26,27)(H,28,30). The predicted octanol–water partition coefficient (Wildman–Crippen LogP) is 5.41. The van der Waals surface area contributed by atoms with Gasteiger partial charge in [-0.15, -0.1) is 0 Å². The molecule has 0 spiro atoms. The molecule has 7 heteroatoms. The number of nitrogens with one attached hydrogen (secondary N) is 1. The summed E-state index contributed by atoms with van der Waals surface area (Å²) in [6.07, 6.45) is 7.63. The number of benzene rings is 2. The summed E-state index contributed by atoms with van der Waals surface area (Å²) >= 11 is 0. The zero-order valence-corrected chi connectivity index (χ0v) is 17.0. The summed E-state index contributed by atoms with van der Waals surface area (Å²) in [7, 11) is 0. The smallest absolute Gasteiger partial charge is 0.288 e. The number of nitrogens with zero attached hydrogens (tertiary/aromatic N) is 2. The summed E-state index contributed by atoms with van der Waals surface area (Å²) in [4.78, 5) is 12.7.